The quantitative estimate of drug-likeness (QED) is 0.150. The zero-order chi connectivity index (χ0) is 38.2. The monoisotopic (exact) mass is 762 g/mol. The first-order valence-corrected chi connectivity index (χ1v) is 19.4. The Kier molecular flexibility index (Phi) is 10.3. The maximum Gasteiger partial charge on any atom is 0.348 e. The number of ether oxygens (including phenoxy) is 7. The van der Waals surface area contributed by atoms with Crippen LogP contribution in [0.4, 0.5) is 0 Å². The second-order valence-electron chi connectivity index (χ2n) is 14.3. The number of carbonyl (C=O) groups is 1. The zero-order valence-corrected chi connectivity index (χ0v) is 32.9. The number of likely N-dealkylation sites (N-methyl/N-ethyl adjacent to an activating group) is 2. The summed E-state index contributed by atoms with van der Waals surface area (Å²) in [6.45, 7) is 1.68. The van der Waals surface area contributed by atoms with E-state index in [1.165, 1.54) is 28.0 Å². The van der Waals surface area contributed by atoms with Crippen LogP contribution in [0.3, 0.4) is 0 Å². The lowest BCUT2D eigenvalue weighted by Gasteiger charge is -2.38. The maximum atomic E-state index is 13.2. The molecule has 0 unspecified atom stereocenters. The van der Waals surface area contributed by atoms with E-state index in [2.05, 4.69) is 54.2 Å². The fourth-order valence-corrected chi connectivity index (χ4v) is 8.88. The zero-order valence-electron chi connectivity index (χ0n) is 32.1. The summed E-state index contributed by atoms with van der Waals surface area (Å²) in [5.41, 5.74) is 7.36. The van der Waals surface area contributed by atoms with Crippen molar-refractivity contribution in [3.8, 4) is 46.0 Å². The number of carbonyl (C=O) groups excluding carboxylic acids is 1. The molecule has 55 heavy (non-hydrogen) atoms. The van der Waals surface area contributed by atoms with Crippen LogP contribution < -0.4 is 28.4 Å². The van der Waals surface area contributed by atoms with E-state index in [1.54, 1.807) is 34.5 Å². The molecule has 5 aromatic rings. The number of benzene rings is 4. The Morgan fingerprint density at radius 2 is 1.47 bits per heavy atom. The lowest BCUT2D eigenvalue weighted by molar-refractivity contribution is 0.0473. The van der Waals surface area contributed by atoms with Gasteiger partial charge in [0.05, 0.1) is 28.4 Å². The molecule has 286 valence electrons. The minimum absolute atomic E-state index is 0.00446. The molecule has 0 spiro atoms. The van der Waals surface area contributed by atoms with Crippen LogP contribution in [0.25, 0.3) is 0 Å². The third-order valence-electron chi connectivity index (χ3n) is 11.2. The largest absolute Gasteiger partial charge is 0.493 e. The maximum absolute atomic E-state index is 13.2. The topological polar surface area (TPSA) is 88.2 Å². The van der Waals surface area contributed by atoms with Crippen molar-refractivity contribution in [1.29, 1.82) is 0 Å². The van der Waals surface area contributed by atoms with Crippen molar-refractivity contribution in [3.05, 3.63) is 116 Å². The summed E-state index contributed by atoms with van der Waals surface area (Å²) in [6.07, 6.45) is 2.97. The van der Waals surface area contributed by atoms with Gasteiger partial charge in [0.15, 0.2) is 34.5 Å². The lowest BCUT2D eigenvalue weighted by atomic mass is 9.84. The minimum atomic E-state index is -0.388. The number of fused-ring (bicyclic) bond motifs is 2. The molecular formula is C44H46N2O8S. The van der Waals surface area contributed by atoms with Gasteiger partial charge in [0.2, 0.25) is 5.75 Å². The summed E-state index contributed by atoms with van der Waals surface area (Å²) in [7, 11) is 10.9. The number of thiophene rings is 1. The first-order valence-electron chi connectivity index (χ1n) is 18.5. The van der Waals surface area contributed by atoms with Crippen LogP contribution in [0, 0.1) is 0 Å². The molecular weight excluding hydrogens is 717 g/mol. The first-order chi connectivity index (χ1) is 26.8. The normalized spacial score (nSPS) is 17.9. The fourth-order valence-electron chi connectivity index (χ4n) is 8.26. The highest BCUT2D eigenvalue weighted by Gasteiger charge is 2.37. The molecule has 9 rings (SSSR count). The van der Waals surface area contributed by atoms with E-state index < -0.39 is 0 Å². The van der Waals surface area contributed by atoms with Gasteiger partial charge in [0.1, 0.15) is 17.2 Å². The second-order valence-corrected chi connectivity index (χ2v) is 15.2. The van der Waals surface area contributed by atoms with Crippen molar-refractivity contribution in [1.82, 2.24) is 9.80 Å². The average Bonchev–Trinajstić information content (AvgIpc) is 3.75. The number of methoxy groups -OCH3 is 4. The predicted molar refractivity (Wildman–Crippen MR) is 211 cm³/mol. The highest BCUT2D eigenvalue weighted by atomic mass is 32.1. The Labute approximate surface area is 326 Å². The minimum Gasteiger partial charge on any atom is -0.493 e. The summed E-state index contributed by atoms with van der Waals surface area (Å²) in [5, 5.41) is 1.86. The molecule has 0 saturated carbocycles. The first kappa shape index (κ1) is 36.7. The lowest BCUT2D eigenvalue weighted by Crippen LogP contribution is -2.35. The highest BCUT2D eigenvalue weighted by Crippen LogP contribution is 2.54. The molecule has 6 bridgehead atoms. The molecule has 2 atom stereocenters. The van der Waals surface area contributed by atoms with E-state index in [1.807, 2.05) is 35.7 Å². The average molecular weight is 763 g/mol. The summed E-state index contributed by atoms with van der Waals surface area (Å²) >= 11 is 1.35. The Balaban J connectivity index is 1.35. The molecule has 0 saturated heterocycles. The van der Waals surface area contributed by atoms with Gasteiger partial charge in [-0.3, -0.25) is 9.80 Å². The van der Waals surface area contributed by atoms with Crippen molar-refractivity contribution >= 4 is 17.3 Å². The van der Waals surface area contributed by atoms with Gasteiger partial charge in [-0.05, 0) is 115 Å². The third-order valence-corrected chi connectivity index (χ3v) is 12.0. The number of nitrogens with zero attached hydrogens (tertiary/aromatic N) is 2. The second kappa shape index (κ2) is 15.5. The molecule has 0 amide bonds. The van der Waals surface area contributed by atoms with Gasteiger partial charge in [0, 0.05) is 36.3 Å². The molecule has 11 heteroatoms. The van der Waals surface area contributed by atoms with Gasteiger partial charge < -0.3 is 33.2 Å². The number of rotatable bonds is 7. The Bertz CT molecular complexity index is 2200. The number of hydrogen-bond acceptors (Lipinski definition) is 11. The van der Waals surface area contributed by atoms with Gasteiger partial charge in [-0.15, -0.1) is 11.3 Å². The molecule has 4 aliphatic rings. The number of hydrogen-bond donors (Lipinski definition) is 0. The SMILES string of the molecule is COc1ccc2cc1Oc1ccc(cc1)C[C@H]1c3cc(c(OC)cc3CCN1C)Oc1c(OC)c(OC)c(COC(=O)c3cccs3)c3c1[C@H](C2)N(C)CC3. The third kappa shape index (κ3) is 6.96. The van der Waals surface area contributed by atoms with E-state index in [-0.39, 0.29) is 24.7 Å². The molecule has 10 nitrogen and oxygen atoms in total. The Morgan fingerprint density at radius 1 is 0.764 bits per heavy atom. The van der Waals surface area contributed by atoms with Crippen molar-refractivity contribution in [2.75, 3.05) is 55.6 Å². The summed E-state index contributed by atoms with van der Waals surface area (Å²) in [6, 6.07) is 22.2. The van der Waals surface area contributed by atoms with Gasteiger partial charge in [0.25, 0.3) is 0 Å². The van der Waals surface area contributed by atoms with E-state index in [0.29, 0.717) is 58.0 Å². The van der Waals surface area contributed by atoms with Crippen molar-refractivity contribution in [3.63, 3.8) is 0 Å². The molecule has 4 aromatic carbocycles. The van der Waals surface area contributed by atoms with E-state index in [0.717, 1.165) is 53.9 Å². The summed E-state index contributed by atoms with van der Waals surface area (Å²) in [4.78, 5) is 18.4. The van der Waals surface area contributed by atoms with Crippen LogP contribution in [-0.4, -0.2) is 71.4 Å². The Morgan fingerprint density at radius 3 is 2.20 bits per heavy atom. The van der Waals surface area contributed by atoms with E-state index >= 15 is 0 Å². The molecule has 0 fully saturated rings. The molecule has 0 N–H and O–H groups in total. The van der Waals surface area contributed by atoms with Gasteiger partial charge in [-0.1, -0.05) is 24.3 Å². The van der Waals surface area contributed by atoms with E-state index in [9.17, 15) is 4.79 Å². The van der Waals surface area contributed by atoms with Crippen LogP contribution in [0.2, 0.25) is 0 Å². The van der Waals surface area contributed by atoms with Gasteiger partial charge in [-0.2, -0.15) is 0 Å². The van der Waals surface area contributed by atoms with Crippen LogP contribution in [0.1, 0.15) is 60.7 Å². The predicted octanol–water partition coefficient (Wildman–Crippen LogP) is 8.58. The van der Waals surface area contributed by atoms with Crippen LogP contribution in [0.15, 0.2) is 72.1 Å². The highest BCUT2D eigenvalue weighted by molar-refractivity contribution is 7.11. The summed E-state index contributed by atoms with van der Waals surface area (Å²) < 4.78 is 43.8. The fraction of sp³-hybridized carbons (Fsp3) is 0.341. The Hall–Kier alpha value is -5.23. The molecule has 1 aromatic heterocycles. The van der Waals surface area contributed by atoms with Crippen LogP contribution >= 0.6 is 11.3 Å². The van der Waals surface area contributed by atoms with E-state index in [4.69, 9.17) is 33.2 Å². The van der Waals surface area contributed by atoms with Gasteiger partial charge in [-0.25, -0.2) is 4.79 Å². The van der Waals surface area contributed by atoms with Crippen molar-refractivity contribution in [2.24, 2.45) is 0 Å². The molecule has 4 aliphatic heterocycles. The van der Waals surface area contributed by atoms with Crippen molar-refractivity contribution < 1.29 is 38.0 Å². The van der Waals surface area contributed by atoms with Gasteiger partial charge >= 0.3 is 5.97 Å². The summed E-state index contributed by atoms with van der Waals surface area (Å²) in [5.74, 6) is 4.29. The molecule has 0 radical (unpaired) electrons. The van der Waals surface area contributed by atoms with Crippen molar-refractivity contribution in [2.45, 2.75) is 44.4 Å². The standard InChI is InChI=1S/C44H46N2O8S/c1-45-17-15-28-23-36(49-4)38-24-31(28)33(45)20-26-9-12-29(13-10-26)53-37-22-27(11-14-35(37)48-3)21-34-40-30(16-18-46(34)2)32(25-52-44(47)39-8-7-19-55-39)41(50-5)43(51-6)42(40)54-38/h7-14,19,22-24,33-34H,15-18,20-21,25H2,1-6H3/t33-,34-/m0/s1. The molecule has 0 aliphatic carbocycles. The number of esters is 1. The van der Waals surface area contributed by atoms with Crippen LogP contribution in [0.5, 0.6) is 46.0 Å². The smallest absolute Gasteiger partial charge is 0.348 e. The molecule has 5 heterocycles. The van der Waals surface area contributed by atoms with Crippen LogP contribution in [-0.2, 0) is 37.0 Å².